The molecule has 0 fully saturated rings. The van der Waals surface area contributed by atoms with Gasteiger partial charge in [0.1, 0.15) is 6.61 Å². The monoisotopic (exact) mass is 689 g/mol. The van der Waals surface area contributed by atoms with Gasteiger partial charge in [-0.05, 0) is 44.1 Å². The maximum absolute atomic E-state index is 12.3. The van der Waals surface area contributed by atoms with Crippen LogP contribution in [-0.4, -0.2) is 53.4 Å². The van der Waals surface area contributed by atoms with Gasteiger partial charge < -0.3 is 19.7 Å². The van der Waals surface area contributed by atoms with E-state index in [9.17, 15) is 24.6 Å². The van der Waals surface area contributed by atoms with Gasteiger partial charge in [0.05, 0.1) is 12.7 Å². The van der Waals surface area contributed by atoms with Crippen molar-refractivity contribution in [2.75, 3.05) is 13.2 Å². The summed E-state index contributed by atoms with van der Waals surface area (Å²) in [5.74, 6) is -0.818. The fraction of sp³-hybridized carbons (Fsp3) is 0.786. The van der Waals surface area contributed by atoms with E-state index in [0.29, 0.717) is 19.3 Å². The Bertz CT molecular complexity index is 924. The van der Waals surface area contributed by atoms with E-state index in [-0.39, 0.29) is 49.2 Å². The van der Waals surface area contributed by atoms with Crippen LogP contribution in [0.5, 0.6) is 0 Å². The molecule has 7 nitrogen and oxygen atoms in total. The van der Waals surface area contributed by atoms with E-state index in [2.05, 4.69) is 13.8 Å². The molecule has 1 aliphatic carbocycles. The molecule has 0 radical (unpaired) electrons. The highest BCUT2D eigenvalue weighted by atomic mass is 16.6. The first-order chi connectivity index (χ1) is 23.9. The Morgan fingerprint density at radius 1 is 0.755 bits per heavy atom. The first-order valence-corrected chi connectivity index (χ1v) is 20.1. The molecule has 0 saturated carbocycles. The molecule has 0 aromatic carbocycles. The van der Waals surface area contributed by atoms with Crippen molar-refractivity contribution in [2.45, 2.75) is 187 Å². The molecule has 0 aromatic heterocycles. The summed E-state index contributed by atoms with van der Waals surface area (Å²) >= 11 is 0. The van der Waals surface area contributed by atoms with Crippen molar-refractivity contribution >= 4 is 17.7 Å². The summed E-state index contributed by atoms with van der Waals surface area (Å²) in [5.41, 5.74) is 0. The van der Waals surface area contributed by atoms with Crippen molar-refractivity contribution in [3.63, 3.8) is 0 Å². The minimum absolute atomic E-state index is 0.0743. The molecule has 282 valence electrons. The Morgan fingerprint density at radius 2 is 1.31 bits per heavy atom. The van der Waals surface area contributed by atoms with Crippen molar-refractivity contribution in [1.82, 2.24) is 0 Å². The van der Waals surface area contributed by atoms with Crippen molar-refractivity contribution in [3.05, 3.63) is 36.5 Å². The van der Waals surface area contributed by atoms with Gasteiger partial charge in [-0.2, -0.15) is 0 Å². The molecule has 7 heteroatoms. The number of carbonyl (C=O) groups excluding carboxylic acids is 3. The topological polar surface area (TPSA) is 110 Å². The van der Waals surface area contributed by atoms with Gasteiger partial charge in [-0.15, -0.1) is 0 Å². The van der Waals surface area contributed by atoms with Crippen LogP contribution in [0.3, 0.4) is 0 Å². The van der Waals surface area contributed by atoms with Gasteiger partial charge in [0.25, 0.3) is 0 Å². The molecule has 0 heterocycles. The SMILES string of the molecule is CCCCCCCCCCCCCCCCCCC(=O)O[C@@H](CO)COC(=O)CCC/C=C\C[C@H]1C=CC(=O)[C@@H]1/C=C/[C@@H](O)CCCCC. The van der Waals surface area contributed by atoms with Crippen LogP contribution in [0.4, 0.5) is 0 Å². The standard InChI is InChI=1S/C42H72O7/c1-3-5-7-8-9-10-11-12-13-14-15-16-17-18-19-25-29-42(47)49-38(34-43)35-48-41(46)28-24-21-20-23-26-36-30-33-40(45)39(36)32-31-37(44)27-22-6-4-2/h20,23,30-33,36-39,43-44H,3-19,21-22,24-29,34-35H2,1-2H3/b23-20-,32-31+/t36-,37-,38-,39+/m0/s1. The minimum Gasteiger partial charge on any atom is -0.462 e. The van der Waals surface area contributed by atoms with Gasteiger partial charge in [-0.3, -0.25) is 14.4 Å². The van der Waals surface area contributed by atoms with Crippen molar-refractivity contribution in [2.24, 2.45) is 11.8 Å². The van der Waals surface area contributed by atoms with Gasteiger partial charge >= 0.3 is 11.9 Å². The number of esters is 2. The zero-order chi connectivity index (χ0) is 35.8. The molecule has 0 aliphatic heterocycles. The van der Waals surface area contributed by atoms with E-state index >= 15 is 0 Å². The molecule has 1 aliphatic rings. The van der Waals surface area contributed by atoms with Crippen LogP contribution in [0.1, 0.15) is 174 Å². The maximum atomic E-state index is 12.3. The zero-order valence-electron chi connectivity index (χ0n) is 31.3. The second-order valence-electron chi connectivity index (χ2n) is 14.0. The highest BCUT2D eigenvalue weighted by Crippen LogP contribution is 2.27. The largest absolute Gasteiger partial charge is 0.462 e. The first kappa shape index (κ1) is 44.8. The Hall–Kier alpha value is -2.25. The number of hydrogen-bond donors (Lipinski definition) is 2. The second kappa shape index (κ2) is 31.7. The fourth-order valence-corrected chi connectivity index (χ4v) is 6.25. The van der Waals surface area contributed by atoms with Crippen molar-refractivity contribution < 1.29 is 34.1 Å². The molecular formula is C42H72O7. The normalized spacial score (nSPS) is 17.3. The third kappa shape index (κ3) is 25.4. The summed E-state index contributed by atoms with van der Waals surface area (Å²) in [6.07, 6.45) is 36.8. The number of unbranched alkanes of at least 4 members (excludes halogenated alkanes) is 18. The van der Waals surface area contributed by atoms with E-state index in [1.54, 1.807) is 12.2 Å². The van der Waals surface area contributed by atoms with E-state index in [1.165, 1.54) is 83.5 Å². The molecule has 1 rings (SSSR count). The lowest BCUT2D eigenvalue weighted by Gasteiger charge is -2.15. The van der Waals surface area contributed by atoms with E-state index in [4.69, 9.17) is 9.47 Å². The van der Waals surface area contributed by atoms with Gasteiger partial charge in [0.15, 0.2) is 11.9 Å². The van der Waals surface area contributed by atoms with Gasteiger partial charge in [-0.1, -0.05) is 160 Å². The van der Waals surface area contributed by atoms with E-state index in [0.717, 1.165) is 51.4 Å². The number of ether oxygens (including phenoxy) is 2. The lowest BCUT2D eigenvalue weighted by Crippen LogP contribution is -2.28. The number of aliphatic hydroxyl groups is 2. The quantitative estimate of drug-likeness (QED) is 0.0401. The Kier molecular flexibility index (Phi) is 29.0. The van der Waals surface area contributed by atoms with Crippen LogP contribution in [0, 0.1) is 11.8 Å². The molecule has 0 unspecified atom stereocenters. The summed E-state index contributed by atoms with van der Waals surface area (Å²) < 4.78 is 10.6. The first-order valence-electron chi connectivity index (χ1n) is 20.1. The van der Waals surface area contributed by atoms with Gasteiger partial charge in [0, 0.05) is 18.8 Å². The van der Waals surface area contributed by atoms with Crippen LogP contribution >= 0.6 is 0 Å². The number of hydrogen-bond acceptors (Lipinski definition) is 7. The third-order valence-corrected chi connectivity index (χ3v) is 9.43. The minimum atomic E-state index is -0.834. The Morgan fingerprint density at radius 3 is 1.90 bits per heavy atom. The van der Waals surface area contributed by atoms with Crippen LogP contribution in [0.15, 0.2) is 36.5 Å². The van der Waals surface area contributed by atoms with Crippen LogP contribution in [0.25, 0.3) is 0 Å². The van der Waals surface area contributed by atoms with Gasteiger partial charge in [-0.25, -0.2) is 0 Å². The number of allylic oxidation sites excluding steroid dienone is 5. The highest BCUT2D eigenvalue weighted by molar-refractivity contribution is 5.95. The predicted molar refractivity (Wildman–Crippen MR) is 200 cm³/mol. The predicted octanol–water partition coefficient (Wildman–Crippen LogP) is 10.1. The molecule has 0 aromatic rings. The second-order valence-corrected chi connectivity index (χ2v) is 14.0. The zero-order valence-corrected chi connectivity index (χ0v) is 31.3. The summed E-state index contributed by atoms with van der Waals surface area (Å²) in [6.45, 7) is 3.87. The molecule has 0 amide bonds. The summed E-state index contributed by atoms with van der Waals surface area (Å²) in [5, 5.41) is 19.7. The Balaban J connectivity index is 2.05. The van der Waals surface area contributed by atoms with Crippen molar-refractivity contribution in [1.29, 1.82) is 0 Å². The molecule has 0 bridgehead atoms. The number of carbonyl (C=O) groups is 3. The number of rotatable bonds is 33. The average Bonchev–Trinajstić information content (AvgIpc) is 3.45. The molecule has 0 saturated heterocycles. The van der Waals surface area contributed by atoms with Crippen LogP contribution < -0.4 is 0 Å². The van der Waals surface area contributed by atoms with Crippen molar-refractivity contribution in [3.8, 4) is 0 Å². The van der Waals surface area contributed by atoms with Gasteiger partial charge in [0.2, 0.25) is 0 Å². The molecule has 49 heavy (non-hydrogen) atoms. The number of ketones is 1. The lowest BCUT2D eigenvalue weighted by molar-refractivity contribution is -0.161. The summed E-state index contributed by atoms with van der Waals surface area (Å²) in [7, 11) is 0. The molecule has 2 N–H and O–H groups in total. The average molecular weight is 689 g/mol. The fourth-order valence-electron chi connectivity index (χ4n) is 6.25. The summed E-state index contributed by atoms with van der Waals surface area (Å²) in [4.78, 5) is 36.7. The van der Waals surface area contributed by atoms with E-state index in [1.807, 2.05) is 24.3 Å². The lowest BCUT2D eigenvalue weighted by atomic mass is 9.90. The molecule has 0 spiro atoms. The summed E-state index contributed by atoms with van der Waals surface area (Å²) in [6, 6.07) is 0. The Labute approximate surface area is 299 Å². The number of aliphatic hydroxyl groups excluding tert-OH is 2. The van der Waals surface area contributed by atoms with E-state index < -0.39 is 12.2 Å². The molecule has 4 atom stereocenters. The third-order valence-electron chi connectivity index (χ3n) is 9.43. The smallest absolute Gasteiger partial charge is 0.306 e. The highest BCUT2D eigenvalue weighted by Gasteiger charge is 2.27. The van der Waals surface area contributed by atoms with Crippen LogP contribution in [-0.2, 0) is 23.9 Å². The maximum Gasteiger partial charge on any atom is 0.306 e. The molecular weight excluding hydrogens is 616 g/mol. The van der Waals surface area contributed by atoms with Crippen LogP contribution in [0.2, 0.25) is 0 Å².